The monoisotopic (exact) mass is 493 g/mol. The van der Waals surface area contributed by atoms with Gasteiger partial charge in [0, 0.05) is 60.2 Å². The lowest BCUT2D eigenvalue weighted by molar-refractivity contribution is 0.0746. The van der Waals surface area contributed by atoms with Gasteiger partial charge in [-0.1, -0.05) is 0 Å². The van der Waals surface area contributed by atoms with Crippen molar-refractivity contribution in [3.8, 4) is 0 Å². The van der Waals surface area contributed by atoms with E-state index in [1.165, 1.54) is 0 Å². The minimum absolute atomic E-state index is 0.0928. The van der Waals surface area contributed by atoms with Crippen LogP contribution in [0.1, 0.15) is 16.1 Å². The Kier molecular flexibility index (Phi) is 5.96. The molecule has 0 spiro atoms. The molecule has 8 heteroatoms. The van der Waals surface area contributed by atoms with E-state index in [-0.39, 0.29) is 5.91 Å². The molecule has 1 aromatic heterocycles. The molecule has 2 aliphatic heterocycles. The van der Waals surface area contributed by atoms with Crippen LogP contribution in [0, 0.1) is 10.5 Å². The molecule has 2 aromatic rings. The summed E-state index contributed by atoms with van der Waals surface area (Å²) in [5, 5.41) is 0. The zero-order valence-electron chi connectivity index (χ0n) is 16.0. The van der Waals surface area contributed by atoms with Crippen molar-refractivity contribution in [1.29, 1.82) is 0 Å². The average Bonchev–Trinajstić information content (AvgIpc) is 2.74. The number of hydrogen-bond acceptors (Lipinski definition) is 6. The summed E-state index contributed by atoms with van der Waals surface area (Å²) < 4.78 is 6.57. The van der Waals surface area contributed by atoms with Crippen molar-refractivity contribution < 1.29 is 9.53 Å². The number of benzene rings is 1. The third-order valence-electron chi connectivity index (χ3n) is 5.10. The van der Waals surface area contributed by atoms with Gasteiger partial charge in [0.2, 0.25) is 5.95 Å². The molecule has 0 saturated carbocycles. The molecular formula is C20H24IN5O2. The van der Waals surface area contributed by atoms with E-state index in [4.69, 9.17) is 9.72 Å². The maximum Gasteiger partial charge on any atom is 0.253 e. The van der Waals surface area contributed by atoms with Crippen molar-refractivity contribution >= 4 is 40.3 Å². The van der Waals surface area contributed by atoms with Crippen LogP contribution in [0.2, 0.25) is 0 Å². The van der Waals surface area contributed by atoms with Crippen LogP contribution in [0.25, 0.3) is 0 Å². The number of ether oxygens (including phenoxy) is 1. The number of anilines is 2. The number of rotatable bonds is 3. The lowest BCUT2D eigenvalue weighted by Gasteiger charge is -2.35. The summed E-state index contributed by atoms with van der Waals surface area (Å²) in [5.41, 5.74) is 1.71. The summed E-state index contributed by atoms with van der Waals surface area (Å²) in [5.74, 6) is 1.81. The number of piperazine rings is 1. The molecule has 0 unspecified atom stereocenters. The first kappa shape index (κ1) is 19.4. The minimum Gasteiger partial charge on any atom is -0.378 e. The molecule has 0 aliphatic carbocycles. The highest BCUT2D eigenvalue weighted by atomic mass is 127. The number of hydrogen-bond donors (Lipinski definition) is 0. The van der Waals surface area contributed by atoms with Crippen molar-refractivity contribution in [3.05, 3.63) is 45.2 Å². The lowest BCUT2D eigenvalue weighted by atomic mass is 10.2. The second-order valence-electron chi connectivity index (χ2n) is 7.05. The van der Waals surface area contributed by atoms with Gasteiger partial charge in [0.1, 0.15) is 5.82 Å². The van der Waals surface area contributed by atoms with Gasteiger partial charge in [-0.15, -0.1) is 0 Å². The average molecular weight is 493 g/mol. The Bertz CT molecular complexity index is 831. The molecule has 1 amide bonds. The van der Waals surface area contributed by atoms with E-state index >= 15 is 0 Å². The molecule has 0 atom stereocenters. The van der Waals surface area contributed by atoms with Crippen LogP contribution in [-0.2, 0) is 4.74 Å². The molecule has 2 fully saturated rings. The predicted octanol–water partition coefficient (Wildman–Crippen LogP) is 2.19. The van der Waals surface area contributed by atoms with Gasteiger partial charge in [0.15, 0.2) is 0 Å². The fourth-order valence-electron chi connectivity index (χ4n) is 3.52. The number of carbonyl (C=O) groups excluding carboxylic acids is 1. The fourth-order valence-corrected chi connectivity index (χ4v) is 3.88. The second kappa shape index (κ2) is 8.60. The van der Waals surface area contributed by atoms with E-state index in [2.05, 4.69) is 37.4 Å². The minimum atomic E-state index is 0.0928. The molecule has 7 nitrogen and oxygen atoms in total. The predicted molar refractivity (Wildman–Crippen MR) is 117 cm³/mol. The van der Waals surface area contributed by atoms with Gasteiger partial charge in [0.25, 0.3) is 5.91 Å². The molecule has 0 N–H and O–H groups in total. The maximum atomic E-state index is 12.7. The molecule has 0 radical (unpaired) electrons. The van der Waals surface area contributed by atoms with Crippen LogP contribution >= 0.6 is 22.6 Å². The summed E-state index contributed by atoms with van der Waals surface area (Å²) in [4.78, 5) is 28.5. The van der Waals surface area contributed by atoms with Crippen LogP contribution in [-0.4, -0.2) is 73.3 Å². The highest BCUT2D eigenvalue weighted by molar-refractivity contribution is 14.1. The molecule has 4 rings (SSSR count). The van der Waals surface area contributed by atoms with Crippen LogP contribution < -0.4 is 9.80 Å². The van der Waals surface area contributed by atoms with Crippen LogP contribution in [0.15, 0.2) is 30.3 Å². The van der Waals surface area contributed by atoms with Crippen molar-refractivity contribution in [1.82, 2.24) is 14.9 Å². The van der Waals surface area contributed by atoms with E-state index in [0.717, 1.165) is 66.0 Å². The molecule has 148 valence electrons. The summed E-state index contributed by atoms with van der Waals surface area (Å²) in [6.45, 7) is 8.01. The molecule has 1 aromatic carbocycles. The van der Waals surface area contributed by atoms with Gasteiger partial charge in [-0.25, -0.2) is 4.98 Å². The molecule has 3 heterocycles. The number of amides is 1. The van der Waals surface area contributed by atoms with Crippen LogP contribution in [0.4, 0.5) is 11.8 Å². The van der Waals surface area contributed by atoms with E-state index in [1.54, 1.807) is 0 Å². The fraction of sp³-hybridized carbons (Fsp3) is 0.450. The van der Waals surface area contributed by atoms with Gasteiger partial charge in [0.05, 0.1) is 13.2 Å². The van der Waals surface area contributed by atoms with Crippen molar-refractivity contribution in [2.45, 2.75) is 6.92 Å². The van der Waals surface area contributed by atoms with Crippen molar-refractivity contribution in [2.75, 3.05) is 62.3 Å². The highest BCUT2D eigenvalue weighted by Gasteiger charge is 2.24. The number of nitrogens with zero attached hydrogens (tertiary/aromatic N) is 5. The van der Waals surface area contributed by atoms with Gasteiger partial charge in [-0.2, -0.15) is 4.98 Å². The molecule has 2 saturated heterocycles. The second-order valence-corrected chi connectivity index (χ2v) is 8.30. The molecule has 2 aliphatic rings. The number of halogens is 1. The molecule has 28 heavy (non-hydrogen) atoms. The first-order valence-corrected chi connectivity index (χ1v) is 10.7. The Morgan fingerprint density at radius 1 is 0.964 bits per heavy atom. The zero-order chi connectivity index (χ0) is 19.5. The smallest absolute Gasteiger partial charge is 0.253 e. The summed E-state index contributed by atoms with van der Waals surface area (Å²) >= 11 is 2.25. The molecular weight excluding hydrogens is 469 g/mol. The SMILES string of the molecule is Cc1cc(N2CCOCC2)nc(N2CCN(C(=O)c3ccc(I)cc3)CC2)n1. The van der Waals surface area contributed by atoms with Crippen molar-refractivity contribution in [3.63, 3.8) is 0 Å². The topological polar surface area (TPSA) is 61.8 Å². The Balaban J connectivity index is 1.42. The van der Waals surface area contributed by atoms with E-state index < -0.39 is 0 Å². The highest BCUT2D eigenvalue weighted by Crippen LogP contribution is 2.20. The standard InChI is InChI=1S/C20H24IN5O2/c1-15-14-18(24-10-12-28-13-11-24)23-20(22-15)26-8-6-25(7-9-26)19(27)16-2-4-17(21)5-3-16/h2-5,14H,6-13H2,1H3. The Morgan fingerprint density at radius 2 is 1.64 bits per heavy atom. The summed E-state index contributed by atoms with van der Waals surface area (Å²) in [6, 6.07) is 9.77. The van der Waals surface area contributed by atoms with Gasteiger partial charge in [-0.05, 0) is 53.8 Å². The van der Waals surface area contributed by atoms with E-state index in [1.807, 2.05) is 42.2 Å². The van der Waals surface area contributed by atoms with Gasteiger partial charge < -0.3 is 19.4 Å². The third-order valence-corrected chi connectivity index (χ3v) is 5.82. The number of aryl methyl sites for hydroxylation is 1. The van der Waals surface area contributed by atoms with Crippen LogP contribution in [0.3, 0.4) is 0 Å². The Labute approximate surface area is 178 Å². The zero-order valence-corrected chi connectivity index (χ0v) is 18.1. The molecule has 0 bridgehead atoms. The number of morpholine rings is 1. The normalized spacial score (nSPS) is 17.7. The number of carbonyl (C=O) groups is 1. The Hall–Kier alpha value is -1.94. The van der Waals surface area contributed by atoms with E-state index in [0.29, 0.717) is 13.1 Å². The quantitative estimate of drug-likeness (QED) is 0.612. The number of aromatic nitrogens is 2. The van der Waals surface area contributed by atoms with Crippen molar-refractivity contribution in [2.24, 2.45) is 0 Å². The van der Waals surface area contributed by atoms with Crippen LogP contribution in [0.5, 0.6) is 0 Å². The van der Waals surface area contributed by atoms with E-state index in [9.17, 15) is 4.79 Å². The largest absolute Gasteiger partial charge is 0.378 e. The van der Waals surface area contributed by atoms with Gasteiger partial charge >= 0.3 is 0 Å². The van der Waals surface area contributed by atoms with Gasteiger partial charge in [-0.3, -0.25) is 4.79 Å². The summed E-state index contributed by atoms with van der Waals surface area (Å²) in [7, 11) is 0. The third kappa shape index (κ3) is 4.38. The Morgan fingerprint density at radius 3 is 2.32 bits per heavy atom. The first-order valence-electron chi connectivity index (χ1n) is 9.58. The first-order chi connectivity index (χ1) is 13.6. The summed E-state index contributed by atoms with van der Waals surface area (Å²) in [6.07, 6.45) is 0. The maximum absolute atomic E-state index is 12.7. The lowest BCUT2D eigenvalue weighted by Crippen LogP contribution is -2.49.